The van der Waals surface area contributed by atoms with Gasteiger partial charge in [0.05, 0.1) is 22.2 Å². The van der Waals surface area contributed by atoms with E-state index in [0.717, 1.165) is 31.9 Å². The van der Waals surface area contributed by atoms with E-state index in [2.05, 4.69) is 0 Å². The Morgan fingerprint density at radius 2 is 1.12 bits per heavy atom. The molecular weight excluding hydrogens is 364 g/mol. The minimum atomic E-state index is -0.0458. The number of nitrogens with zero attached hydrogens (tertiary/aromatic N) is 2. The molecular formula is C20H18N2O2S2. The van der Waals surface area contributed by atoms with E-state index in [0.29, 0.717) is 11.1 Å². The minimum absolute atomic E-state index is 0.0458. The van der Waals surface area contributed by atoms with Gasteiger partial charge in [0, 0.05) is 23.8 Å². The van der Waals surface area contributed by atoms with Gasteiger partial charge in [-0.15, -0.1) is 22.7 Å². The molecule has 4 rings (SSSR count). The topological polar surface area (TPSA) is 44.0 Å². The second-order valence-corrected chi connectivity index (χ2v) is 8.31. The first-order valence-corrected chi connectivity index (χ1v) is 9.98. The lowest BCUT2D eigenvalue weighted by atomic mass is 10.1. The van der Waals surface area contributed by atoms with Gasteiger partial charge < -0.3 is 9.13 Å². The lowest BCUT2D eigenvalue weighted by Gasteiger charge is -2.13. The summed E-state index contributed by atoms with van der Waals surface area (Å²) in [7, 11) is 3.54. The molecule has 0 fully saturated rings. The quantitative estimate of drug-likeness (QED) is 0.518. The van der Waals surface area contributed by atoms with Crippen molar-refractivity contribution >= 4 is 33.7 Å². The van der Waals surface area contributed by atoms with Crippen molar-refractivity contribution in [2.24, 2.45) is 14.1 Å². The van der Waals surface area contributed by atoms with Crippen molar-refractivity contribution in [1.82, 2.24) is 9.13 Å². The van der Waals surface area contributed by atoms with Crippen molar-refractivity contribution in [3.8, 4) is 20.9 Å². The second-order valence-electron chi connectivity index (χ2n) is 6.48. The van der Waals surface area contributed by atoms with Gasteiger partial charge in [0.25, 0.3) is 11.1 Å². The molecule has 0 spiro atoms. The van der Waals surface area contributed by atoms with Crippen LogP contribution in [0, 0.1) is 13.8 Å². The number of aromatic nitrogens is 2. The molecule has 0 bridgehead atoms. The molecule has 0 saturated heterocycles. The molecule has 0 amide bonds. The zero-order valence-corrected chi connectivity index (χ0v) is 16.6. The van der Waals surface area contributed by atoms with Gasteiger partial charge in [-0.25, -0.2) is 0 Å². The molecule has 6 heteroatoms. The standard InChI is InChI=1S/C20H18N2O2S2/c1-11-5-7-25-17(11)13-9-15-16(21(3)19(13)23)10-14(20(24)22(15)4)18-12(2)6-8-26-18/h5-10H,1-4H3. The Hall–Kier alpha value is -2.44. The summed E-state index contributed by atoms with van der Waals surface area (Å²) < 4.78 is 3.30. The van der Waals surface area contributed by atoms with Crippen LogP contribution in [0.3, 0.4) is 0 Å². The van der Waals surface area contributed by atoms with Crippen LogP contribution in [0.25, 0.3) is 31.9 Å². The molecule has 4 heterocycles. The molecule has 0 aliphatic carbocycles. The van der Waals surface area contributed by atoms with Crippen LogP contribution in [0.15, 0.2) is 44.6 Å². The SMILES string of the molecule is Cc1ccsc1-c1cc2c(cc(-c3sccc3C)c(=O)n2C)n(C)c1=O. The zero-order chi connectivity index (χ0) is 18.6. The van der Waals surface area contributed by atoms with E-state index in [-0.39, 0.29) is 11.1 Å². The summed E-state index contributed by atoms with van der Waals surface area (Å²) in [5.74, 6) is 0. The second kappa shape index (κ2) is 6.07. The van der Waals surface area contributed by atoms with Crippen molar-refractivity contribution in [1.29, 1.82) is 0 Å². The third-order valence-corrected chi connectivity index (χ3v) is 6.93. The van der Waals surface area contributed by atoms with Gasteiger partial charge in [-0.05, 0) is 60.0 Å². The highest BCUT2D eigenvalue weighted by Crippen LogP contribution is 2.31. The van der Waals surface area contributed by atoms with E-state index >= 15 is 0 Å². The van der Waals surface area contributed by atoms with E-state index in [1.165, 1.54) is 0 Å². The minimum Gasteiger partial charge on any atom is -0.309 e. The lowest BCUT2D eigenvalue weighted by Crippen LogP contribution is -2.25. The molecule has 4 aromatic heterocycles. The van der Waals surface area contributed by atoms with Crippen LogP contribution in [-0.4, -0.2) is 9.13 Å². The molecule has 0 atom stereocenters. The highest BCUT2D eigenvalue weighted by molar-refractivity contribution is 7.14. The van der Waals surface area contributed by atoms with Gasteiger partial charge >= 0.3 is 0 Å². The van der Waals surface area contributed by atoms with Crippen molar-refractivity contribution in [2.45, 2.75) is 13.8 Å². The number of fused-ring (bicyclic) bond motifs is 1. The van der Waals surface area contributed by atoms with Crippen molar-refractivity contribution < 1.29 is 0 Å². The Morgan fingerprint density at radius 3 is 1.42 bits per heavy atom. The highest BCUT2D eigenvalue weighted by atomic mass is 32.1. The maximum Gasteiger partial charge on any atom is 0.259 e. The molecule has 0 aromatic carbocycles. The van der Waals surface area contributed by atoms with E-state index in [9.17, 15) is 9.59 Å². The van der Waals surface area contributed by atoms with Gasteiger partial charge in [0.2, 0.25) is 0 Å². The number of rotatable bonds is 2. The van der Waals surface area contributed by atoms with Gasteiger partial charge in [-0.2, -0.15) is 0 Å². The van der Waals surface area contributed by atoms with E-state index in [1.54, 1.807) is 45.9 Å². The van der Waals surface area contributed by atoms with Gasteiger partial charge in [-0.3, -0.25) is 9.59 Å². The summed E-state index contributed by atoms with van der Waals surface area (Å²) in [6.07, 6.45) is 0. The number of aryl methyl sites for hydroxylation is 4. The predicted molar refractivity (Wildman–Crippen MR) is 111 cm³/mol. The van der Waals surface area contributed by atoms with E-state index in [4.69, 9.17) is 0 Å². The summed E-state index contributed by atoms with van der Waals surface area (Å²) >= 11 is 3.10. The predicted octanol–water partition coefficient (Wildman–Crippen LogP) is 4.31. The van der Waals surface area contributed by atoms with E-state index in [1.807, 2.05) is 48.9 Å². The van der Waals surface area contributed by atoms with Gasteiger partial charge in [-0.1, -0.05) is 0 Å². The maximum atomic E-state index is 13.0. The Morgan fingerprint density at radius 1 is 0.731 bits per heavy atom. The number of pyridine rings is 2. The zero-order valence-electron chi connectivity index (χ0n) is 15.0. The summed E-state index contributed by atoms with van der Waals surface area (Å²) in [5, 5.41) is 3.96. The average Bonchev–Trinajstić information content (AvgIpc) is 3.23. The van der Waals surface area contributed by atoms with Crippen LogP contribution >= 0.6 is 22.7 Å². The lowest BCUT2D eigenvalue weighted by molar-refractivity contribution is 0.867. The molecule has 0 aliphatic rings. The fourth-order valence-electron chi connectivity index (χ4n) is 3.28. The first kappa shape index (κ1) is 17.0. The molecule has 4 aromatic rings. The van der Waals surface area contributed by atoms with Crippen LogP contribution in [-0.2, 0) is 14.1 Å². The van der Waals surface area contributed by atoms with Crippen LogP contribution in [0.5, 0.6) is 0 Å². The van der Waals surface area contributed by atoms with Crippen LogP contribution in [0.1, 0.15) is 11.1 Å². The third kappa shape index (κ3) is 2.40. The molecule has 0 aliphatic heterocycles. The fraction of sp³-hybridized carbons (Fsp3) is 0.200. The Balaban J connectivity index is 2.11. The first-order valence-electron chi connectivity index (χ1n) is 8.23. The molecule has 132 valence electrons. The maximum absolute atomic E-state index is 13.0. The number of hydrogen-bond acceptors (Lipinski definition) is 4. The average molecular weight is 383 g/mol. The van der Waals surface area contributed by atoms with Crippen molar-refractivity contribution in [3.63, 3.8) is 0 Å². The summed E-state index contributed by atoms with van der Waals surface area (Å²) in [6.45, 7) is 3.99. The molecule has 26 heavy (non-hydrogen) atoms. The van der Waals surface area contributed by atoms with Crippen LogP contribution < -0.4 is 11.1 Å². The summed E-state index contributed by atoms with van der Waals surface area (Å²) in [4.78, 5) is 27.9. The van der Waals surface area contributed by atoms with E-state index < -0.39 is 0 Å². The van der Waals surface area contributed by atoms with Gasteiger partial charge in [0.15, 0.2) is 0 Å². The summed E-state index contributed by atoms with van der Waals surface area (Å²) in [6, 6.07) is 7.71. The number of hydrogen-bond donors (Lipinski definition) is 0. The first-order chi connectivity index (χ1) is 12.4. The normalized spacial score (nSPS) is 11.4. The van der Waals surface area contributed by atoms with Crippen molar-refractivity contribution in [2.75, 3.05) is 0 Å². The smallest absolute Gasteiger partial charge is 0.259 e. The highest BCUT2D eigenvalue weighted by Gasteiger charge is 2.17. The molecule has 0 radical (unpaired) electrons. The Kier molecular flexibility index (Phi) is 3.97. The number of thiophene rings is 2. The third-order valence-electron chi connectivity index (χ3n) is 4.83. The molecule has 4 nitrogen and oxygen atoms in total. The molecule has 0 saturated carbocycles. The van der Waals surface area contributed by atoms with Gasteiger partial charge in [0.1, 0.15) is 0 Å². The monoisotopic (exact) mass is 382 g/mol. The van der Waals surface area contributed by atoms with Crippen molar-refractivity contribution in [3.05, 3.63) is 66.9 Å². The largest absolute Gasteiger partial charge is 0.309 e. The van der Waals surface area contributed by atoms with Crippen LogP contribution in [0.2, 0.25) is 0 Å². The van der Waals surface area contributed by atoms with Crippen LogP contribution in [0.4, 0.5) is 0 Å². The Bertz CT molecular complexity index is 1170. The fourth-order valence-corrected chi connectivity index (χ4v) is 5.16. The molecule has 0 unspecified atom stereocenters. The molecule has 0 N–H and O–H groups in total. The Labute approximate surface area is 158 Å². The summed E-state index contributed by atoms with van der Waals surface area (Å²) in [5.41, 5.74) is 4.86.